The van der Waals surface area contributed by atoms with Gasteiger partial charge in [0.15, 0.2) is 0 Å². The summed E-state index contributed by atoms with van der Waals surface area (Å²) in [4.78, 5) is 46.2. The molecule has 0 radical (unpaired) electrons. The third-order valence-corrected chi connectivity index (χ3v) is 3.47. The van der Waals surface area contributed by atoms with E-state index in [0.29, 0.717) is 0 Å². The second kappa shape index (κ2) is 8.13. The zero-order valence-corrected chi connectivity index (χ0v) is 13.9. The molecule has 2 aromatic rings. The van der Waals surface area contributed by atoms with Crippen molar-refractivity contribution >= 4 is 46.7 Å². The maximum Gasteiger partial charge on any atom is 0.337 e. The lowest BCUT2D eigenvalue weighted by Gasteiger charge is -2.10. The van der Waals surface area contributed by atoms with Gasteiger partial charge in [-0.15, -0.1) is 0 Å². The largest absolute Gasteiger partial charge is 0.478 e. The predicted molar refractivity (Wildman–Crippen MR) is 93.7 cm³/mol. The van der Waals surface area contributed by atoms with Gasteiger partial charge in [-0.2, -0.15) is 0 Å². The third-order valence-electron chi connectivity index (χ3n) is 3.24. The molecule has 0 heterocycles. The minimum Gasteiger partial charge on any atom is -0.478 e. The van der Waals surface area contributed by atoms with Gasteiger partial charge in [-0.05, 0) is 30.3 Å². The second-order valence-corrected chi connectivity index (χ2v) is 5.56. The minimum absolute atomic E-state index is 0.0475. The molecule has 0 bridgehead atoms. The molecule has 2 rings (SSSR count). The smallest absolute Gasteiger partial charge is 0.337 e. The number of hydrogen-bond acceptors (Lipinski definition) is 4. The summed E-state index contributed by atoms with van der Waals surface area (Å²) in [6, 6.07) is 9.56. The van der Waals surface area contributed by atoms with Crippen LogP contribution in [-0.2, 0) is 9.59 Å². The van der Waals surface area contributed by atoms with Crippen molar-refractivity contribution < 1.29 is 29.4 Å². The fourth-order valence-electron chi connectivity index (χ4n) is 2.12. The van der Waals surface area contributed by atoms with Crippen LogP contribution in [0.5, 0.6) is 0 Å². The first-order valence-electron chi connectivity index (χ1n) is 7.23. The molecule has 4 N–H and O–H groups in total. The van der Waals surface area contributed by atoms with Crippen LogP contribution >= 0.6 is 11.6 Å². The Morgan fingerprint density at radius 1 is 0.808 bits per heavy atom. The maximum atomic E-state index is 12.0. The first-order chi connectivity index (χ1) is 12.3. The molecule has 134 valence electrons. The van der Waals surface area contributed by atoms with Crippen molar-refractivity contribution in [2.24, 2.45) is 0 Å². The summed E-state index contributed by atoms with van der Waals surface area (Å²) in [6.07, 6.45) is -0.639. The van der Waals surface area contributed by atoms with Crippen LogP contribution in [0.1, 0.15) is 27.1 Å². The molecular formula is C17H13ClN2O6. The molecule has 0 aliphatic rings. The second-order valence-electron chi connectivity index (χ2n) is 5.12. The van der Waals surface area contributed by atoms with E-state index < -0.39 is 30.2 Å². The van der Waals surface area contributed by atoms with Crippen molar-refractivity contribution in [3.05, 3.63) is 58.6 Å². The van der Waals surface area contributed by atoms with Crippen molar-refractivity contribution in [3.63, 3.8) is 0 Å². The van der Waals surface area contributed by atoms with Crippen molar-refractivity contribution in [1.82, 2.24) is 0 Å². The topological polar surface area (TPSA) is 133 Å². The van der Waals surface area contributed by atoms with Gasteiger partial charge in [0.2, 0.25) is 11.8 Å². The van der Waals surface area contributed by atoms with Crippen molar-refractivity contribution in [2.45, 2.75) is 6.42 Å². The molecule has 0 saturated heterocycles. The van der Waals surface area contributed by atoms with Crippen LogP contribution in [-0.4, -0.2) is 34.0 Å². The van der Waals surface area contributed by atoms with E-state index in [-0.39, 0.29) is 27.5 Å². The average molecular weight is 377 g/mol. The molecule has 0 aliphatic heterocycles. The van der Waals surface area contributed by atoms with Crippen LogP contribution in [0.2, 0.25) is 5.02 Å². The fraction of sp³-hybridized carbons (Fsp3) is 0.0588. The van der Waals surface area contributed by atoms with E-state index in [0.717, 1.165) is 0 Å². The molecule has 2 amide bonds. The van der Waals surface area contributed by atoms with E-state index in [1.807, 2.05) is 0 Å². The van der Waals surface area contributed by atoms with Gasteiger partial charge in [-0.3, -0.25) is 9.59 Å². The molecule has 8 nitrogen and oxygen atoms in total. The molecule has 2 aromatic carbocycles. The Bertz CT molecular complexity index is 897. The van der Waals surface area contributed by atoms with E-state index in [9.17, 15) is 19.2 Å². The molecule has 0 atom stereocenters. The molecule has 0 unspecified atom stereocenters. The van der Waals surface area contributed by atoms with E-state index >= 15 is 0 Å². The fourth-order valence-corrected chi connectivity index (χ4v) is 2.29. The first-order valence-corrected chi connectivity index (χ1v) is 7.60. The summed E-state index contributed by atoms with van der Waals surface area (Å²) in [5, 5.41) is 23.0. The maximum absolute atomic E-state index is 12.0. The van der Waals surface area contributed by atoms with Crippen LogP contribution in [0, 0.1) is 0 Å². The number of anilines is 2. The van der Waals surface area contributed by atoms with Crippen LogP contribution in [0.15, 0.2) is 42.5 Å². The Balaban J connectivity index is 2.07. The number of benzene rings is 2. The summed E-state index contributed by atoms with van der Waals surface area (Å²) < 4.78 is 0. The number of aromatic carboxylic acids is 2. The van der Waals surface area contributed by atoms with Gasteiger partial charge in [-0.1, -0.05) is 23.7 Å². The Morgan fingerprint density at radius 3 is 1.96 bits per heavy atom. The number of hydrogen-bond donors (Lipinski definition) is 4. The van der Waals surface area contributed by atoms with E-state index in [2.05, 4.69) is 10.6 Å². The van der Waals surface area contributed by atoms with Gasteiger partial charge in [0.05, 0.1) is 22.5 Å². The quantitative estimate of drug-likeness (QED) is 0.573. The number of carbonyl (C=O) groups excluding carboxylic acids is 2. The van der Waals surface area contributed by atoms with Gasteiger partial charge in [-0.25, -0.2) is 9.59 Å². The number of carboxylic acid groups (broad SMARTS) is 2. The highest BCUT2D eigenvalue weighted by molar-refractivity contribution is 6.31. The molecule has 0 saturated carbocycles. The predicted octanol–water partition coefficient (Wildman–Crippen LogP) is 2.70. The Labute approximate surface area is 152 Å². The number of para-hydroxylation sites is 1. The summed E-state index contributed by atoms with van der Waals surface area (Å²) in [7, 11) is 0. The zero-order valence-electron chi connectivity index (χ0n) is 13.2. The Morgan fingerprint density at radius 2 is 1.35 bits per heavy atom. The minimum atomic E-state index is -1.27. The molecule has 0 aromatic heterocycles. The SMILES string of the molecule is O=C(CC(=O)Nc1cc(Cl)ccc1C(=O)O)Nc1ccccc1C(=O)O. The number of halogens is 1. The summed E-state index contributed by atoms with van der Waals surface area (Å²) in [5.41, 5.74) is -0.302. The lowest BCUT2D eigenvalue weighted by Crippen LogP contribution is -2.23. The highest BCUT2D eigenvalue weighted by Crippen LogP contribution is 2.21. The van der Waals surface area contributed by atoms with Gasteiger partial charge in [0.1, 0.15) is 6.42 Å². The summed E-state index contributed by atoms with van der Waals surface area (Å²) >= 11 is 5.79. The van der Waals surface area contributed by atoms with Gasteiger partial charge >= 0.3 is 11.9 Å². The number of rotatable bonds is 6. The number of carbonyl (C=O) groups is 4. The summed E-state index contributed by atoms with van der Waals surface area (Å²) in [6.45, 7) is 0. The van der Waals surface area contributed by atoms with Crippen LogP contribution in [0.4, 0.5) is 11.4 Å². The molecular weight excluding hydrogens is 364 g/mol. The monoisotopic (exact) mass is 376 g/mol. The van der Waals surface area contributed by atoms with Crippen LogP contribution in [0.3, 0.4) is 0 Å². The zero-order chi connectivity index (χ0) is 19.3. The highest BCUT2D eigenvalue weighted by Gasteiger charge is 2.17. The van der Waals surface area contributed by atoms with Crippen molar-refractivity contribution in [3.8, 4) is 0 Å². The molecule has 0 spiro atoms. The van der Waals surface area contributed by atoms with Crippen molar-refractivity contribution in [2.75, 3.05) is 10.6 Å². The first kappa shape index (κ1) is 18.9. The molecule has 0 fully saturated rings. The van der Waals surface area contributed by atoms with Gasteiger partial charge in [0.25, 0.3) is 0 Å². The molecule has 0 aliphatic carbocycles. The van der Waals surface area contributed by atoms with Crippen LogP contribution in [0.25, 0.3) is 0 Å². The number of amides is 2. The van der Waals surface area contributed by atoms with Gasteiger partial charge in [0, 0.05) is 5.02 Å². The standard InChI is InChI=1S/C17H13ClN2O6/c18-9-5-6-11(17(25)26)13(7-9)20-15(22)8-14(21)19-12-4-2-1-3-10(12)16(23)24/h1-7H,8H2,(H,19,21)(H,20,22)(H,23,24)(H,25,26). The average Bonchev–Trinajstić information content (AvgIpc) is 2.54. The van der Waals surface area contributed by atoms with Crippen LogP contribution < -0.4 is 10.6 Å². The molecule has 26 heavy (non-hydrogen) atoms. The lowest BCUT2D eigenvalue weighted by molar-refractivity contribution is -0.123. The van der Waals surface area contributed by atoms with Gasteiger partial charge < -0.3 is 20.8 Å². The lowest BCUT2D eigenvalue weighted by atomic mass is 10.1. The summed E-state index contributed by atoms with van der Waals surface area (Å²) in [5.74, 6) is -4.03. The Hall–Kier alpha value is -3.39. The van der Waals surface area contributed by atoms with E-state index in [1.54, 1.807) is 0 Å². The van der Waals surface area contributed by atoms with E-state index in [4.69, 9.17) is 21.8 Å². The third kappa shape index (κ3) is 4.81. The number of nitrogens with one attached hydrogen (secondary N) is 2. The highest BCUT2D eigenvalue weighted by atomic mass is 35.5. The number of carboxylic acids is 2. The van der Waals surface area contributed by atoms with Crippen molar-refractivity contribution in [1.29, 1.82) is 0 Å². The normalized spacial score (nSPS) is 10.0. The van der Waals surface area contributed by atoms with E-state index in [1.165, 1.54) is 42.5 Å². The molecule has 9 heteroatoms. The Kier molecular flexibility index (Phi) is 5.92.